The number of ketones is 1. The second-order valence-corrected chi connectivity index (χ2v) is 4.10. The van der Waals surface area contributed by atoms with E-state index in [0.717, 1.165) is 6.92 Å². The third kappa shape index (κ3) is 5.02. The van der Waals surface area contributed by atoms with E-state index < -0.39 is 42.4 Å². The van der Waals surface area contributed by atoms with Crippen molar-refractivity contribution in [3.8, 4) is 0 Å². The summed E-state index contributed by atoms with van der Waals surface area (Å²) in [5.41, 5.74) is -0.893. The molecule has 3 nitrogen and oxygen atoms in total. The van der Waals surface area contributed by atoms with Gasteiger partial charge in [-0.25, -0.2) is 9.18 Å². The number of ether oxygens (including phenoxy) is 1. The molecule has 0 radical (unpaired) electrons. The number of carbonyl (C=O) groups excluding carboxylic acids is 2. The number of alkyl halides is 4. The molecule has 0 spiro atoms. The lowest BCUT2D eigenvalue weighted by Gasteiger charge is -2.13. The van der Waals surface area contributed by atoms with Crippen molar-refractivity contribution in [3.05, 3.63) is 41.5 Å². The summed E-state index contributed by atoms with van der Waals surface area (Å²) in [6.07, 6.45) is -4.70. The molecule has 0 amide bonds. The third-order valence-electron chi connectivity index (χ3n) is 2.49. The maximum Gasteiger partial charge on any atom is 0.422 e. The molecule has 0 N–H and O–H groups in total. The SMILES string of the molecule is CC(=O)/C(CF)=C(/C(=O)OCC(F)(F)F)c1ccccc1. The van der Waals surface area contributed by atoms with Crippen LogP contribution >= 0.6 is 0 Å². The summed E-state index contributed by atoms with van der Waals surface area (Å²) in [5.74, 6) is -2.14. The minimum Gasteiger partial charge on any atom is -0.452 e. The van der Waals surface area contributed by atoms with E-state index in [1.807, 2.05) is 0 Å². The molecule has 0 aliphatic heterocycles. The Hall–Kier alpha value is -2.18. The highest BCUT2D eigenvalue weighted by atomic mass is 19.4. The van der Waals surface area contributed by atoms with Crippen LogP contribution in [-0.4, -0.2) is 31.2 Å². The van der Waals surface area contributed by atoms with Gasteiger partial charge in [-0.05, 0) is 12.5 Å². The van der Waals surface area contributed by atoms with E-state index in [-0.39, 0.29) is 5.56 Å². The first-order valence-electron chi connectivity index (χ1n) is 5.85. The molecule has 0 aliphatic carbocycles. The van der Waals surface area contributed by atoms with E-state index in [4.69, 9.17) is 0 Å². The Labute approximate surface area is 118 Å². The molecule has 7 heteroatoms. The van der Waals surface area contributed by atoms with Crippen molar-refractivity contribution in [1.29, 1.82) is 0 Å². The summed E-state index contributed by atoms with van der Waals surface area (Å²) >= 11 is 0. The van der Waals surface area contributed by atoms with E-state index in [1.54, 1.807) is 6.07 Å². The first-order valence-corrected chi connectivity index (χ1v) is 5.85. The fraction of sp³-hybridized carbons (Fsp3) is 0.286. The number of esters is 1. The zero-order valence-corrected chi connectivity index (χ0v) is 11.0. The molecule has 0 fully saturated rings. The fourth-order valence-electron chi connectivity index (χ4n) is 1.58. The van der Waals surface area contributed by atoms with Crippen LogP contribution in [0.3, 0.4) is 0 Å². The van der Waals surface area contributed by atoms with Crippen molar-refractivity contribution in [2.75, 3.05) is 13.3 Å². The zero-order chi connectivity index (χ0) is 16.0. The van der Waals surface area contributed by atoms with Crippen molar-refractivity contribution in [1.82, 2.24) is 0 Å². The Balaban J connectivity index is 3.21. The molecular weight excluding hydrogens is 292 g/mol. The van der Waals surface area contributed by atoms with Crippen LogP contribution in [0.4, 0.5) is 17.6 Å². The predicted octanol–water partition coefficient (Wildman–Crippen LogP) is 3.10. The Morgan fingerprint density at radius 2 is 1.71 bits per heavy atom. The summed E-state index contributed by atoms with van der Waals surface area (Å²) in [4.78, 5) is 23.2. The van der Waals surface area contributed by atoms with Gasteiger partial charge in [0.05, 0.1) is 5.57 Å². The quantitative estimate of drug-likeness (QED) is 0.477. The number of hydrogen-bond acceptors (Lipinski definition) is 3. The summed E-state index contributed by atoms with van der Waals surface area (Å²) in [6, 6.07) is 7.36. The molecule has 0 aliphatic rings. The lowest BCUT2D eigenvalue weighted by molar-refractivity contribution is -0.182. The molecule has 1 rings (SSSR count). The van der Waals surface area contributed by atoms with E-state index in [9.17, 15) is 27.2 Å². The molecule has 0 aromatic heterocycles. The molecule has 0 bridgehead atoms. The van der Waals surface area contributed by atoms with Crippen LogP contribution in [0.1, 0.15) is 12.5 Å². The first-order chi connectivity index (χ1) is 9.76. The second-order valence-electron chi connectivity index (χ2n) is 4.10. The number of halogens is 4. The van der Waals surface area contributed by atoms with Crippen LogP contribution in [0.5, 0.6) is 0 Å². The fourth-order valence-corrected chi connectivity index (χ4v) is 1.58. The molecule has 114 valence electrons. The standard InChI is InChI=1S/C14H12F4O3/c1-9(19)11(7-15)12(10-5-3-2-4-6-10)13(20)21-8-14(16,17)18/h2-6H,7-8H2,1H3/b12-11+. The number of benzene rings is 1. The largest absolute Gasteiger partial charge is 0.452 e. The van der Waals surface area contributed by atoms with E-state index in [1.165, 1.54) is 24.3 Å². The minimum absolute atomic E-state index is 0.118. The number of carbonyl (C=O) groups is 2. The molecule has 1 aromatic rings. The smallest absolute Gasteiger partial charge is 0.422 e. The number of hydrogen-bond donors (Lipinski definition) is 0. The van der Waals surface area contributed by atoms with Gasteiger partial charge in [0, 0.05) is 5.57 Å². The molecule has 0 atom stereocenters. The van der Waals surface area contributed by atoms with Crippen LogP contribution < -0.4 is 0 Å². The van der Waals surface area contributed by atoms with E-state index in [0.29, 0.717) is 0 Å². The molecular formula is C14H12F4O3. The highest BCUT2D eigenvalue weighted by Gasteiger charge is 2.31. The van der Waals surface area contributed by atoms with Gasteiger partial charge >= 0.3 is 12.1 Å². The Bertz CT molecular complexity index is 547. The van der Waals surface area contributed by atoms with Gasteiger partial charge in [-0.15, -0.1) is 0 Å². The number of allylic oxidation sites excluding steroid dienone is 1. The van der Waals surface area contributed by atoms with Gasteiger partial charge in [0.25, 0.3) is 0 Å². The van der Waals surface area contributed by atoms with Crippen LogP contribution in [-0.2, 0) is 14.3 Å². The molecule has 0 heterocycles. The van der Waals surface area contributed by atoms with Crippen LogP contribution in [0, 0.1) is 0 Å². The van der Waals surface area contributed by atoms with Crippen molar-refractivity contribution < 1.29 is 31.9 Å². The molecule has 1 aromatic carbocycles. The van der Waals surface area contributed by atoms with Gasteiger partial charge in [-0.2, -0.15) is 13.2 Å². The van der Waals surface area contributed by atoms with Gasteiger partial charge in [-0.3, -0.25) is 4.79 Å². The van der Waals surface area contributed by atoms with Gasteiger partial charge in [-0.1, -0.05) is 30.3 Å². The number of rotatable bonds is 5. The molecule has 0 saturated heterocycles. The van der Waals surface area contributed by atoms with Crippen molar-refractivity contribution in [3.63, 3.8) is 0 Å². The van der Waals surface area contributed by atoms with Gasteiger partial charge in [0.1, 0.15) is 6.67 Å². The van der Waals surface area contributed by atoms with Gasteiger partial charge in [0.2, 0.25) is 0 Å². The predicted molar refractivity (Wildman–Crippen MR) is 67.0 cm³/mol. The highest BCUT2D eigenvalue weighted by Crippen LogP contribution is 2.23. The maximum atomic E-state index is 13.0. The van der Waals surface area contributed by atoms with Crippen LogP contribution in [0.25, 0.3) is 5.57 Å². The zero-order valence-electron chi connectivity index (χ0n) is 11.0. The highest BCUT2D eigenvalue weighted by molar-refractivity contribution is 6.23. The maximum absolute atomic E-state index is 13.0. The Kier molecular flexibility index (Phi) is 5.63. The average Bonchev–Trinajstić information content (AvgIpc) is 2.41. The molecule has 0 unspecified atom stereocenters. The van der Waals surface area contributed by atoms with E-state index in [2.05, 4.69) is 4.74 Å². The van der Waals surface area contributed by atoms with Crippen LogP contribution in [0.2, 0.25) is 0 Å². The summed E-state index contributed by atoms with van der Waals surface area (Å²) in [6.45, 7) is -2.06. The minimum atomic E-state index is -4.70. The summed E-state index contributed by atoms with van der Waals surface area (Å²) < 4.78 is 53.4. The Morgan fingerprint density at radius 1 is 1.14 bits per heavy atom. The van der Waals surface area contributed by atoms with E-state index >= 15 is 0 Å². The first kappa shape index (κ1) is 16.9. The summed E-state index contributed by atoms with van der Waals surface area (Å²) in [5, 5.41) is 0. The summed E-state index contributed by atoms with van der Waals surface area (Å²) in [7, 11) is 0. The Morgan fingerprint density at radius 3 is 2.14 bits per heavy atom. The van der Waals surface area contributed by atoms with Crippen LogP contribution in [0.15, 0.2) is 35.9 Å². The van der Waals surface area contributed by atoms with Gasteiger partial charge in [0.15, 0.2) is 12.4 Å². The molecule has 0 saturated carbocycles. The lowest BCUT2D eigenvalue weighted by atomic mass is 9.98. The topological polar surface area (TPSA) is 43.4 Å². The number of Topliss-reactive ketones (excluding diaryl/α,β-unsaturated/α-hetero) is 1. The lowest BCUT2D eigenvalue weighted by Crippen LogP contribution is -2.22. The third-order valence-corrected chi connectivity index (χ3v) is 2.49. The van der Waals surface area contributed by atoms with Crippen molar-refractivity contribution >= 4 is 17.3 Å². The van der Waals surface area contributed by atoms with Crippen molar-refractivity contribution in [2.24, 2.45) is 0 Å². The monoisotopic (exact) mass is 304 g/mol. The average molecular weight is 304 g/mol. The molecule has 21 heavy (non-hydrogen) atoms. The second kappa shape index (κ2) is 7.01. The van der Waals surface area contributed by atoms with Crippen molar-refractivity contribution in [2.45, 2.75) is 13.1 Å². The van der Waals surface area contributed by atoms with Gasteiger partial charge < -0.3 is 4.74 Å². The normalized spacial score (nSPS) is 12.6.